The molecule has 0 spiro atoms. The van der Waals surface area contributed by atoms with E-state index in [0.29, 0.717) is 11.1 Å². The van der Waals surface area contributed by atoms with Gasteiger partial charge in [-0.25, -0.2) is 0 Å². The summed E-state index contributed by atoms with van der Waals surface area (Å²) in [4.78, 5) is 11.6. The topological polar surface area (TPSA) is 38.3 Å². The number of carbonyl (C=O) groups is 1. The zero-order chi connectivity index (χ0) is 12.8. The van der Waals surface area contributed by atoms with Crippen molar-refractivity contribution in [3.05, 3.63) is 34.9 Å². The van der Waals surface area contributed by atoms with Crippen molar-refractivity contribution in [1.29, 1.82) is 0 Å². The van der Waals surface area contributed by atoms with Crippen LogP contribution in [0, 0.1) is 0 Å². The lowest BCUT2D eigenvalue weighted by molar-refractivity contribution is -0.144. The Morgan fingerprint density at radius 2 is 2.06 bits per heavy atom. The first-order valence-electron chi connectivity index (χ1n) is 6.38. The van der Waals surface area contributed by atoms with Gasteiger partial charge in [0.05, 0.1) is 6.54 Å². The first-order chi connectivity index (χ1) is 8.75. The summed E-state index contributed by atoms with van der Waals surface area (Å²) in [7, 11) is 0. The minimum absolute atomic E-state index is 0.221. The third kappa shape index (κ3) is 4.00. The molecule has 0 unspecified atom stereocenters. The number of nitrogens with one attached hydrogen (secondary N) is 1. The van der Waals surface area contributed by atoms with Crippen LogP contribution in [0.15, 0.2) is 24.3 Å². The summed E-state index contributed by atoms with van der Waals surface area (Å²) in [5, 5.41) is 3.86. The highest BCUT2D eigenvalue weighted by Crippen LogP contribution is 2.17. The molecule has 0 aliphatic heterocycles. The quantitative estimate of drug-likeness (QED) is 0.834. The van der Waals surface area contributed by atoms with Crippen molar-refractivity contribution in [2.45, 2.75) is 38.3 Å². The third-order valence-electron chi connectivity index (χ3n) is 3.24. The number of halogens is 1. The standard InChI is InChI=1S/C14H18ClNO2/c15-13-8-4-1-5-11(13)10-18-14(17)9-16-12-6-2-3-7-12/h1,4-5,8,12,16H,2-3,6-7,9-10H2. The third-order valence-corrected chi connectivity index (χ3v) is 3.61. The Morgan fingerprint density at radius 3 is 2.78 bits per heavy atom. The summed E-state index contributed by atoms with van der Waals surface area (Å²) in [5.74, 6) is -0.221. The van der Waals surface area contributed by atoms with Crippen molar-refractivity contribution in [3.8, 4) is 0 Å². The molecular formula is C14H18ClNO2. The Labute approximate surface area is 112 Å². The fourth-order valence-corrected chi connectivity index (χ4v) is 2.37. The van der Waals surface area contributed by atoms with Gasteiger partial charge in [-0.3, -0.25) is 4.79 Å². The minimum Gasteiger partial charge on any atom is -0.460 e. The number of hydrogen-bond donors (Lipinski definition) is 1. The van der Waals surface area contributed by atoms with E-state index in [4.69, 9.17) is 16.3 Å². The number of benzene rings is 1. The van der Waals surface area contributed by atoms with E-state index in [1.165, 1.54) is 12.8 Å². The molecule has 4 heteroatoms. The zero-order valence-electron chi connectivity index (χ0n) is 10.3. The molecule has 0 heterocycles. The first kappa shape index (κ1) is 13.4. The molecule has 1 aliphatic rings. The minimum atomic E-state index is -0.221. The maximum atomic E-state index is 11.6. The van der Waals surface area contributed by atoms with Gasteiger partial charge in [-0.1, -0.05) is 42.6 Å². The fourth-order valence-electron chi connectivity index (χ4n) is 2.18. The normalized spacial score (nSPS) is 15.8. The summed E-state index contributed by atoms with van der Waals surface area (Å²) in [6, 6.07) is 7.88. The molecule has 1 aromatic carbocycles. The van der Waals surface area contributed by atoms with Crippen LogP contribution in [0.3, 0.4) is 0 Å². The van der Waals surface area contributed by atoms with E-state index < -0.39 is 0 Å². The molecule has 3 nitrogen and oxygen atoms in total. The Balaban J connectivity index is 1.69. The van der Waals surface area contributed by atoms with E-state index in [1.807, 2.05) is 18.2 Å². The smallest absolute Gasteiger partial charge is 0.320 e. The molecule has 0 bridgehead atoms. The average molecular weight is 268 g/mol. The largest absolute Gasteiger partial charge is 0.460 e. The van der Waals surface area contributed by atoms with Gasteiger partial charge in [-0.05, 0) is 18.9 Å². The highest BCUT2D eigenvalue weighted by molar-refractivity contribution is 6.31. The van der Waals surface area contributed by atoms with Crippen molar-refractivity contribution in [2.24, 2.45) is 0 Å². The molecule has 2 rings (SSSR count). The van der Waals surface area contributed by atoms with E-state index >= 15 is 0 Å². The Morgan fingerprint density at radius 1 is 1.33 bits per heavy atom. The summed E-state index contributed by atoms with van der Waals surface area (Å²) >= 11 is 5.98. The van der Waals surface area contributed by atoms with Gasteiger partial charge >= 0.3 is 5.97 Å². The Hall–Kier alpha value is -1.06. The van der Waals surface area contributed by atoms with Gasteiger partial charge in [0, 0.05) is 16.6 Å². The lowest BCUT2D eigenvalue weighted by atomic mass is 10.2. The molecule has 0 radical (unpaired) electrons. The molecule has 1 aromatic rings. The molecule has 0 saturated heterocycles. The van der Waals surface area contributed by atoms with Crippen LogP contribution >= 0.6 is 11.6 Å². The van der Waals surface area contributed by atoms with Crippen LogP contribution < -0.4 is 5.32 Å². The van der Waals surface area contributed by atoms with Gasteiger partial charge in [-0.2, -0.15) is 0 Å². The molecule has 0 aromatic heterocycles. The monoisotopic (exact) mass is 267 g/mol. The van der Waals surface area contributed by atoms with E-state index in [9.17, 15) is 4.79 Å². The molecule has 1 N–H and O–H groups in total. The molecule has 98 valence electrons. The summed E-state index contributed by atoms with van der Waals surface area (Å²) in [5.41, 5.74) is 0.841. The van der Waals surface area contributed by atoms with Crippen molar-refractivity contribution in [1.82, 2.24) is 5.32 Å². The van der Waals surface area contributed by atoms with E-state index in [-0.39, 0.29) is 19.1 Å². The molecule has 0 amide bonds. The van der Waals surface area contributed by atoms with Crippen LogP contribution in [0.5, 0.6) is 0 Å². The van der Waals surface area contributed by atoms with Gasteiger partial charge in [0.15, 0.2) is 0 Å². The van der Waals surface area contributed by atoms with E-state index in [1.54, 1.807) is 6.07 Å². The van der Waals surface area contributed by atoms with Gasteiger partial charge in [-0.15, -0.1) is 0 Å². The summed E-state index contributed by atoms with van der Waals surface area (Å²) in [6.45, 7) is 0.528. The Kier molecular flexibility index (Phi) is 5.02. The second kappa shape index (κ2) is 6.76. The van der Waals surface area contributed by atoms with Gasteiger partial charge in [0.2, 0.25) is 0 Å². The van der Waals surface area contributed by atoms with Crippen molar-refractivity contribution in [2.75, 3.05) is 6.54 Å². The van der Waals surface area contributed by atoms with Crippen molar-refractivity contribution >= 4 is 17.6 Å². The molecule has 0 atom stereocenters. The van der Waals surface area contributed by atoms with Crippen LogP contribution in [-0.2, 0) is 16.1 Å². The maximum Gasteiger partial charge on any atom is 0.320 e. The van der Waals surface area contributed by atoms with Crippen LogP contribution in [0.1, 0.15) is 31.2 Å². The Bertz CT molecular complexity index is 403. The first-order valence-corrected chi connectivity index (χ1v) is 6.76. The highest BCUT2D eigenvalue weighted by atomic mass is 35.5. The molecule has 1 fully saturated rings. The summed E-state index contributed by atoms with van der Waals surface area (Å²) < 4.78 is 5.18. The van der Waals surface area contributed by atoms with Crippen molar-refractivity contribution < 1.29 is 9.53 Å². The number of rotatable bonds is 5. The lowest BCUT2D eigenvalue weighted by Crippen LogP contribution is -2.32. The van der Waals surface area contributed by atoms with Crippen LogP contribution in [0.25, 0.3) is 0 Å². The van der Waals surface area contributed by atoms with E-state index in [0.717, 1.165) is 18.4 Å². The molecule has 1 aliphatic carbocycles. The number of hydrogen-bond acceptors (Lipinski definition) is 3. The second-order valence-electron chi connectivity index (χ2n) is 4.61. The van der Waals surface area contributed by atoms with Gasteiger partial charge < -0.3 is 10.1 Å². The fraction of sp³-hybridized carbons (Fsp3) is 0.500. The van der Waals surface area contributed by atoms with Crippen LogP contribution in [0.2, 0.25) is 5.02 Å². The number of esters is 1. The zero-order valence-corrected chi connectivity index (χ0v) is 11.1. The van der Waals surface area contributed by atoms with Crippen LogP contribution in [-0.4, -0.2) is 18.6 Å². The highest BCUT2D eigenvalue weighted by Gasteiger charge is 2.15. The predicted octanol–water partition coefficient (Wildman–Crippen LogP) is 2.92. The van der Waals surface area contributed by atoms with Gasteiger partial charge in [0.1, 0.15) is 6.61 Å². The average Bonchev–Trinajstić information content (AvgIpc) is 2.88. The van der Waals surface area contributed by atoms with E-state index in [2.05, 4.69) is 5.32 Å². The molecular weight excluding hydrogens is 250 g/mol. The number of ether oxygens (including phenoxy) is 1. The van der Waals surface area contributed by atoms with Crippen LogP contribution in [0.4, 0.5) is 0 Å². The molecule has 1 saturated carbocycles. The lowest BCUT2D eigenvalue weighted by Gasteiger charge is -2.11. The SMILES string of the molecule is O=C(CNC1CCCC1)OCc1ccccc1Cl. The number of carbonyl (C=O) groups excluding carboxylic acids is 1. The second-order valence-corrected chi connectivity index (χ2v) is 5.02. The van der Waals surface area contributed by atoms with Gasteiger partial charge in [0.25, 0.3) is 0 Å². The van der Waals surface area contributed by atoms with Crippen molar-refractivity contribution in [3.63, 3.8) is 0 Å². The molecule has 18 heavy (non-hydrogen) atoms. The predicted molar refractivity (Wildman–Crippen MR) is 71.5 cm³/mol. The summed E-state index contributed by atoms with van der Waals surface area (Å²) in [6.07, 6.45) is 4.84. The maximum absolute atomic E-state index is 11.6.